The largest absolute Gasteiger partial charge is 0.365 e. The van der Waals surface area contributed by atoms with Crippen molar-refractivity contribution < 1.29 is 13.3 Å². The van der Waals surface area contributed by atoms with Gasteiger partial charge in [-0.3, -0.25) is 10.1 Å². The first-order chi connectivity index (χ1) is 9.82. The molecule has 0 unspecified atom stereocenters. The molecule has 114 valence electrons. The zero-order valence-corrected chi connectivity index (χ0v) is 12.3. The summed E-state index contributed by atoms with van der Waals surface area (Å²) in [5.41, 5.74) is 0.235. The second-order valence-corrected chi connectivity index (χ2v) is 7.48. The number of para-hydroxylation sites is 1. The maximum atomic E-state index is 11.6. The Morgan fingerprint density at radius 3 is 2.57 bits per heavy atom. The predicted octanol–water partition coefficient (Wildman–Crippen LogP) is 1.62. The first-order valence-electron chi connectivity index (χ1n) is 6.88. The third-order valence-corrected chi connectivity index (χ3v) is 5.37. The Hall–Kier alpha value is -1.67. The van der Waals surface area contributed by atoms with E-state index < -0.39 is 25.5 Å². The smallest absolute Gasteiger partial charge is 0.312 e. The van der Waals surface area contributed by atoms with Gasteiger partial charge in [0.2, 0.25) is 10.0 Å². The third-order valence-electron chi connectivity index (χ3n) is 4.43. The molecule has 2 N–H and O–H groups in total. The zero-order valence-electron chi connectivity index (χ0n) is 11.5. The second kappa shape index (κ2) is 4.67. The highest BCUT2D eigenvalue weighted by Gasteiger charge is 2.46. The Bertz CT molecular complexity index is 697. The van der Waals surface area contributed by atoms with Gasteiger partial charge >= 0.3 is 5.69 Å². The van der Waals surface area contributed by atoms with Gasteiger partial charge in [0.25, 0.3) is 0 Å². The van der Waals surface area contributed by atoms with Crippen molar-refractivity contribution in [1.29, 1.82) is 0 Å². The average Bonchev–Trinajstić information content (AvgIpc) is 3.15. The van der Waals surface area contributed by atoms with E-state index in [1.807, 2.05) is 4.90 Å². The van der Waals surface area contributed by atoms with Gasteiger partial charge in [0.05, 0.1) is 4.92 Å². The highest BCUT2D eigenvalue weighted by atomic mass is 32.2. The minimum absolute atomic E-state index is 0.281. The van der Waals surface area contributed by atoms with Crippen LogP contribution in [0.3, 0.4) is 0 Å². The van der Waals surface area contributed by atoms with E-state index in [9.17, 15) is 18.5 Å². The van der Waals surface area contributed by atoms with Gasteiger partial charge in [-0.2, -0.15) is 0 Å². The summed E-state index contributed by atoms with van der Waals surface area (Å²) in [6.45, 7) is 1.46. The van der Waals surface area contributed by atoms with Crippen LogP contribution < -0.4 is 10.0 Å². The fourth-order valence-corrected chi connectivity index (χ4v) is 3.89. The molecule has 2 aliphatic rings. The molecule has 21 heavy (non-hydrogen) atoms. The van der Waals surface area contributed by atoms with Crippen LogP contribution in [0.4, 0.5) is 11.4 Å². The molecule has 0 amide bonds. The number of nitro groups is 1. The first-order valence-corrected chi connectivity index (χ1v) is 8.42. The Morgan fingerprint density at radius 1 is 1.29 bits per heavy atom. The van der Waals surface area contributed by atoms with E-state index in [1.54, 1.807) is 6.07 Å². The summed E-state index contributed by atoms with van der Waals surface area (Å²) in [6.07, 6.45) is 4.40. The number of nitrogens with two attached hydrogens (primary N) is 1. The van der Waals surface area contributed by atoms with Crippen molar-refractivity contribution in [3.05, 3.63) is 28.3 Å². The maximum absolute atomic E-state index is 11.6. The van der Waals surface area contributed by atoms with Gasteiger partial charge in [0.15, 0.2) is 4.90 Å². The Labute approximate surface area is 122 Å². The van der Waals surface area contributed by atoms with E-state index >= 15 is 0 Å². The maximum Gasteiger partial charge on any atom is 0.312 e. The van der Waals surface area contributed by atoms with Crippen molar-refractivity contribution in [3.63, 3.8) is 0 Å². The van der Waals surface area contributed by atoms with Crippen LogP contribution in [0.5, 0.6) is 0 Å². The molecule has 1 aliphatic heterocycles. The lowest BCUT2D eigenvalue weighted by Gasteiger charge is -2.34. The number of sulfonamides is 1. The molecule has 1 saturated carbocycles. The van der Waals surface area contributed by atoms with E-state index in [2.05, 4.69) is 0 Å². The molecule has 8 heteroatoms. The van der Waals surface area contributed by atoms with E-state index in [-0.39, 0.29) is 5.41 Å². The van der Waals surface area contributed by atoms with Crippen molar-refractivity contribution in [2.24, 2.45) is 10.6 Å². The molecule has 1 aliphatic carbocycles. The molecular weight excluding hydrogens is 294 g/mol. The van der Waals surface area contributed by atoms with Gasteiger partial charge < -0.3 is 4.90 Å². The normalized spacial score (nSPS) is 20.5. The SMILES string of the molecule is NS(=O)(=O)c1cccc(N2CCCC3(CC3)C2)c1[N+](=O)[O-]. The molecule has 0 bridgehead atoms. The number of benzene rings is 1. The van der Waals surface area contributed by atoms with E-state index in [0.717, 1.165) is 32.2 Å². The van der Waals surface area contributed by atoms with Crippen LogP contribution in [0.25, 0.3) is 0 Å². The summed E-state index contributed by atoms with van der Waals surface area (Å²) < 4.78 is 23.2. The number of piperidine rings is 1. The van der Waals surface area contributed by atoms with Crippen LogP contribution in [-0.4, -0.2) is 26.4 Å². The van der Waals surface area contributed by atoms with Crippen LogP contribution in [0, 0.1) is 15.5 Å². The molecule has 1 spiro atoms. The van der Waals surface area contributed by atoms with Crippen LogP contribution in [0.1, 0.15) is 25.7 Å². The Morgan fingerprint density at radius 2 is 2.00 bits per heavy atom. The van der Waals surface area contributed by atoms with Crippen LogP contribution >= 0.6 is 0 Å². The fourth-order valence-electron chi connectivity index (χ4n) is 3.18. The van der Waals surface area contributed by atoms with E-state index in [0.29, 0.717) is 12.2 Å². The first kappa shape index (κ1) is 14.3. The topological polar surface area (TPSA) is 107 Å². The number of rotatable bonds is 3. The fraction of sp³-hybridized carbons (Fsp3) is 0.538. The summed E-state index contributed by atoms with van der Waals surface area (Å²) >= 11 is 0. The van der Waals surface area contributed by atoms with Gasteiger partial charge in [0.1, 0.15) is 5.69 Å². The second-order valence-electron chi connectivity index (χ2n) is 5.95. The minimum atomic E-state index is -4.12. The standard InChI is InChI=1S/C13H17N3O4S/c14-21(19,20)11-4-1-3-10(12(11)16(17)18)15-8-2-5-13(9-15)6-7-13/h1,3-4H,2,5-9H2,(H2,14,19,20). The van der Waals surface area contributed by atoms with Crippen molar-refractivity contribution in [3.8, 4) is 0 Å². The number of hydrogen-bond acceptors (Lipinski definition) is 5. The lowest BCUT2D eigenvalue weighted by molar-refractivity contribution is -0.387. The number of nitrogens with zero attached hydrogens (tertiary/aromatic N) is 2. The molecule has 0 atom stereocenters. The molecule has 1 saturated heterocycles. The lowest BCUT2D eigenvalue weighted by atomic mass is 9.94. The quantitative estimate of drug-likeness (QED) is 0.674. The summed E-state index contributed by atoms with van der Waals surface area (Å²) in [5, 5.41) is 16.5. The third kappa shape index (κ3) is 2.60. The molecule has 0 radical (unpaired) electrons. The highest BCUT2D eigenvalue weighted by Crippen LogP contribution is 2.53. The van der Waals surface area contributed by atoms with Crippen LogP contribution in [0.2, 0.25) is 0 Å². The molecule has 1 aromatic carbocycles. The molecule has 3 rings (SSSR count). The number of nitro benzene ring substituents is 1. The molecule has 2 fully saturated rings. The van der Waals surface area contributed by atoms with Gasteiger partial charge in [-0.05, 0) is 43.2 Å². The van der Waals surface area contributed by atoms with Crippen molar-refractivity contribution in [2.75, 3.05) is 18.0 Å². The average molecular weight is 311 g/mol. The van der Waals surface area contributed by atoms with Crippen molar-refractivity contribution in [1.82, 2.24) is 0 Å². The molecule has 7 nitrogen and oxygen atoms in total. The van der Waals surface area contributed by atoms with Gasteiger partial charge in [-0.15, -0.1) is 0 Å². The molecule has 1 aromatic rings. The number of primary sulfonamides is 1. The van der Waals surface area contributed by atoms with Crippen LogP contribution in [-0.2, 0) is 10.0 Å². The monoisotopic (exact) mass is 311 g/mol. The number of anilines is 1. The van der Waals surface area contributed by atoms with Crippen molar-refractivity contribution >= 4 is 21.4 Å². The van der Waals surface area contributed by atoms with E-state index in [1.165, 1.54) is 12.1 Å². The Balaban J connectivity index is 2.07. The summed E-state index contributed by atoms with van der Waals surface area (Å²) in [7, 11) is -4.12. The van der Waals surface area contributed by atoms with Gasteiger partial charge in [0, 0.05) is 13.1 Å². The highest BCUT2D eigenvalue weighted by molar-refractivity contribution is 7.89. The summed E-state index contributed by atoms with van der Waals surface area (Å²) in [4.78, 5) is 12.2. The van der Waals surface area contributed by atoms with Crippen LogP contribution in [0.15, 0.2) is 23.1 Å². The molecular formula is C13H17N3O4S. The summed E-state index contributed by atoms with van der Waals surface area (Å²) in [6, 6.07) is 4.30. The molecule has 0 aromatic heterocycles. The zero-order chi connectivity index (χ0) is 15.3. The number of hydrogen-bond donors (Lipinski definition) is 1. The minimum Gasteiger partial charge on any atom is -0.365 e. The predicted molar refractivity (Wildman–Crippen MR) is 77.6 cm³/mol. The summed E-state index contributed by atoms with van der Waals surface area (Å²) in [5.74, 6) is 0. The lowest BCUT2D eigenvalue weighted by Crippen LogP contribution is -2.37. The van der Waals surface area contributed by atoms with Crippen molar-refractivity contribution in [2.45, 2.75) is 30.6 Å². The molecule has 1 heterocycles. The Kier molecular flexibility index (Phi) is 3.18. The van der Waals surface area contributed by atoms with E-state index in [4.69, 9.17) is 5.14 Å². The van der Waals surface area contributed by atoms with Gasteiger partial charge in [-0.25, -0.2) is 13.6 Å². The van der Waals surface area contributed by atoms with Gasteiger partial charge in [-0.1, -0.05) is 6.07 Å².